The fourth-order valence-corrected chi connectivity index (χ4v) is 3.33. The van der Waals surface area contributed by atoms with Gasteiger partial charge in [0.2, 0.25) is 0 Å². The minimum absolute atomic E-state index is 0.388. The SMILES string of the molecule is CCCCCCCCC(CCCCC)C(C)(OCC)OCC. The Morgan fingerprint density at radius 2 is 1.05 bits per heavy atom. The molecule has 0 radical (unpaired) electrons. The molecule has 0 aliphatic heterocycles. The van der Waals surface area contributed by atoms with E-state index in [1.54, 1.807) is 0 Å². The molecule has 22 heavy (non-hydrogen) atoms. The second-order valence-corrected chi connectivity index (χ2v) is 6.63. The van der Waals surface area contributed by atoms with Crippen molar-refractivity contribution in [3.63, 3.8) is 0 Å². The lowest BCUT2D eigenvalue weighted by atomic mass is 9.87. The summed E-state index contributed by atoms with van der Waals surface area (Å²) in [6.45, 7) is 12.3. The second kappa shape index (κ2) is 14.5. The van der Waals surface area contributed by atoms with Gasteiger partial charge in [-0.25, -0.2) is 0 Å². The first-order chi connectivity index (χ1) is 10.6. The van der Waals surface area contributed by atoms with Crippen LogP contribution < -0.4 is 0 Å². The van der Waals surface area contributed by atoms with Crippen LogP contribution in [0.1, 0.15) is 105 Å². The lowest BCUT2D eigenvalue weighted by Crippen LogP contribution is -2.41. The molecule has 0 aromatic heterocycles. The van der Waals surface area contributed by atoms with Crippen LogP contribution in [0.3, 0.4) is 0 Å². The maximum atomic E-state index is 6.04. The first kappa shape index (κ1) is 21.9. The standard InChI is InChI=1S/C20H42O2/c1-6-10-12-13-14-16-18-19(17-15-11-7-2)20(5,21-8-3)22-9-4/h19H,6-18H2,1-5H3. The molecule has 0 amide bonds. The highest BCUT2D eigenvalue weighted by atomic mass is 16.7. The molecule has 0 heterocycles. The van der Waals surface area contributed by atoms with E-state index in [1.807, 2.05) is 0 Å². The van der Waals surface area contributed by atoms with Gasteiger partial charge in [-0.3, -0.25) is 0 Å². The van der Waals surface area contributed by atoms with E-state index in [4.69, 9.17) is 9.47 Å². The summed E-state index contributed by atoms with van der Waals surface area (Å²) in [4.78, 5) is 0. The molecule has 0 aliphatic carbocycles. The van der Waals surface area contributed by atoms with E-state index in [9.17, 15) is 0 Å². The molecule has 0 rings (SSSR count). The number of unbranched alkanes of at least 4 members (excludes halogenated alkanes) is 7. The Labute approximate surface area is 140 Å². The van der Waals surface area contributed by atoms with Gasteiger partial charge in [0.05, 0.1) is 0 Å². The zero-order valence-electron chi connectivity index (χ0n) is 16.1. The third-order valence-electron chi connectivity index (χ3n) is 4.67. The third-order valence-corrected chi connectivity index (χ3v) is 4.67. The molecule has 1 unspecified atom stereocenters. The Bertz CT molecular complexity index is 222. The zero-order valence-corrected chi connectivity index (χ0v) is 16.1. The van der Waals surface area contributed by atoms with Crippen LogP contribution in [0, 0.1) is 5.92 Å². The van der Waals surface area contributed by atoms with Crippen molar-refractivity contribution in [2.45, 2.75) is 111 Å². The van der Waals surface area contributed by atoms with Crippen LogP contribution in [-0.4, -0.2) is 19.0 Å². The maximum Gasteiger partial charge on any atom is 0.168 e. The minimum Gasteiger partial charge on any atom is -0.350 e. The van der Waals surface area contributed by atoms with Crippen molar-refractivity contribution in [2.75, 3.05) is 13.2 Å². The molecular weight excluding hydrogens is 272 g/mol. The highest BCUT2D eigenvalue weighted by Crippen LogP contribution is 2.33. The normalized spacial score (nSPS) is 13.5. The van der Waals surface area contributed by atoms with Crippen LogP contribution in [-0.2, 0) is 9.47 Å². The predicted molar refractivity (Wildman–Crippen MR) is 97.3 cm³/mol. The molecule has 0 N–H and O–H groups in total. The Balaban J connectivity index is 4.37. The van der Waals surface area contributed by atoms with Crippen molar-refractivity contribution in [1.82, 2.24) is 0 Å². The van der Waals surface area contributed by atoms with Gasteiger partial charge >= 0.3 is 0 Å². The fraction of sp³-hybridized carbons (Fsp3) is 1.00. The molecule has 0 fully saturated rings. The van der Waals surface area contributed by atoms with Crippen molar-refractivity contribution in [2.24, 2.45) is 5.92 Å². The van der Waals surface area contributed by atoms with Crippen molar-refractivity contribution in [1.29, 1.82) is 0 Å². The van der Waals surface area contributed by atoms with Crippen molar-refractivity contribution >= 4 is 0 Å². The van der Waals surface area contributed by atoms with E-state index in [2.05, 4.69) is 34.6 Å². The number of rotatable bonds is 16. The molecule has 134 valence electrons. The smallest absolute Gasteiger partial charge is 0.168 e. The molecule has 0 aromatic rings. The Hall–Kier alpha value is -0.0800. The Morgan fingerprint density at radius 3 is 1.55 bits per heavy atom. The average molecular weight is 315 g/mol. The largest absolute Gasteiger partial charge is 0.350 e. The average Bonchev–Trinajstić information content (AvgIpc) is 2.49. The third kappa shape index (κ3) is 9.84. The van der Waals surface area contributed by atoms with E-state index in [0.717, 1.165) is 13.2 Å². The lowest BCUT2D eigenvalue weighted by molar-refractivity contribution is -0.254. The number of hydrogen-bond donors (Lipinski definition) is 0. The monoisotopic (exact) mass is 314 g/mol. The van der Waals surface area contributed by atoms with Gasteiger partial charge in [0.15, 0.2) is 5.79 Å². The van der Waals surface area contributed by atoms with Gasteiger partial charge in [0.1, 0.15) is 0 Å². The van der Waals surface area contributed by atoms with Crippen LogP contribution in [0.15, 0.2) is 0 Å². The van der Waals surface area contributed by atoms with Crippen molar-refractivity contribution in [3.05, 3.63) is 0 Å². The summed E-state index contributed by atoms with van der Waals surface area (Å²) in [5.74, 6) is 0.144. The lowest BCUT2D eigenvalue weighted by Gasteiger charge is -2.37. The summed E-state index contributed by atoms with van der Waals surface area (Å²) in [5, 5.41) is 0. The van der Waals surface area contributed by atoms with Crippen LogP contribution in [0.4, 0.5) is 0 Å². The molecule has 0 spiro atoms. The van der Waals surface area contributed by atoms with Gasteiger partial charge in [-0.2, -0.15) is 0 Å². The highest BCUT2D eigenvalue weighted by molar-refractivity contribution is 4.76. The van der Waals surface area contributed by atoms with Gasteiger partial charge in [-0.15, -0.1) is 0 Å². The van der Waals surface area contributed by atoms with Gasteiger partial charge < -0.3 is 9.47 Å². The fourth-order valence-electron chi connectivity index (χ4n) is 3.33. The van der Waals surface area contributed by atoms with E-state index in [-0.39, 0.29) is 5.79 Å². The highest BCUT2D eigenvalue weighted by Gasteiger charge is 2.34. The molecule has 2 nitrogen and oxygen atoms in total. The summed E-state index contributed by atoms with van der Waals surface area (Å²) in [7, 11) is 0. The second-order valence-electron chi connectivity index (χ2n) is 6.63. The van der Waals surface area contributed by atoms with Crippen molar-refractivity contribution in [3.8, 4) is 0 Å². The molecule has 0 saturated carbocycles. The minimum atomic E-state index is -0.388. The summed E-state index contributed by atoms with van der Waals surface area (Å²) in [6.07, 6.45) is 14.5. The summed E-state index contributed by atoms with van der Waals surface area (Å²) in [5.41, 5.74) is 0. The molecule has 0 aliphatic rings. The quantitative estimate of drug-likeness (QED) is 0.232. The van der Waals surface area contributed by atoms with E-state index in [1.165, 1.54) is 70.6 Å². The van der Waals surface area contributed by atoms with E-state index in [0.29, 0.717) is 5.92 Å². The first-order valence-electron chi connectivity index (χ1n) is 9.92. The topological polar surface area (TPSA) is 18.5 Å². The first-order valence-corrected chi connectivity index (χ1v) is 9.92. The van der Waals surface area contributed by atoms with Gasteiger partial charge in [-0.05, 0) is 33.6 Å². The van der Waals surface area contributed by atoms with Gasteiger partial charge in [0, 0.05) is 19.1 Å². The summed E-state index contributed by atoms with van der Waals surface area (Å²) in [6, 6.07) is 0. The zero-order chi connectivity index (χ0) is 16.7. The van der Waals surface area contributed by atoms with Crippen LogP contribution in [0.25, 0.3) is 0 Å². The van der Waals surface area contributed by atoms with Gasteiger partial charge in [-0.1, -0.05) is 71.6 Å². The van der Waals surface area contributed by atoms with Crippen LogP contribution >= 0.6 is 0 Å². The number of hydrogen-bond acceptors (Lipinski definition) is 2. The molecule has 0 bridgehead atoms. The predicted octanol–water partition coefficient (Wildman–Crippen LogP) is 6.72. The van der Waals surface area contributed by atoms with Crippen LogP contribution in [0.5, 0.6) is 0 Å². The summed E-state index contributed by atoms with van der Waals surface area (Å²) >= 11 is 0. The Kier molecular flexibility index (Phi) is 14.5. The number of ether oxygens (including phenoxy) is 2. The van der Waals surface area contributed by atoms with Gasteiger partial charge in [0.25, 0.3) is 0 Å². The maximum absolute atomic E-state index is 6.04. The molecular formula is C20H42O2. The summed E-state index contributed by atoms with van der Waals surface area (Å²) < 4.78 is 12.1. The molecule has 0 saturated heterocycles. The van der Waals surface area contributed by atoms with E-state index < -0.39 is 0 Å². The van der Waals surface area contributed by atoms with Crippen molar-refractivity contribution < 1.29 is 9.47 Å². The van der Waals surface area contributed by atoms with Crippen LogP contribution in [0.2, 0.25) is 0 Å². The van der Waals surface area contributed by atoms with E-state index >= 15 is 0 Å². The Morgan fingerprint density at radius 1 is 0.636 bits per heavy atom. The molecule has 0 aromatic carbocycles. The molecule has 2 heteroatoms. The molecule has 1 atom stereocenters.